The SMILES string of the molecule is CC(C)[Si](c1cc(-c2ncnc3c2sc2cc(C(C)(C)C)ccc23)[c-]c2ccccc12)(C(C)C)C(C)C.CCC(CC)C(=O)/C=C(\O)C(CC)CC.[Ir]. The number of benzene rings is 3. The minimum atomic E-state index is -1.92. The van der Waals surface area contributed by atoms with Crippen molar-refractivity contribution in [2.75, 3.05) is 0 Å². The van der Waals surface area contributed by atoms with E-state index in [-0.39, 0.29) is 48.9 Å². The zero-order chi connectivity index (χ0) is 38.5. The third kappa shape index (κ3) is 9.23. The van der Waals surface area contributed by atoms with Gasteiger partial charge in [-0.3, -0.25) is 9.78 Å². The molecule has 2 heterocycles. The summed E-state index contributed by atoms with van der Waals surface area (Å²) >= 11 is 1.82. The number of nitrogens with zero attached hydrogens (tertiary/aromatic N) is 2. The predicted molar refractivity (Wildman–Crippen MR) is 230 cm³/mol. The molecule has 0 bridgehead atoms. The van der Waals surface area contributed by atoms with Gasteiger partial charge >= 0.3 is 0 Å². The second-order valence-electron chi connectivity index (χ2n) is 16.5. The van der Waals surface area contributed by atoms with Crippen LogP contribution < -0.4 is 5.19 Å². The smallest absolute Gasteiger partial charge is 0.162 e. The molecule has 0 spiro atoms. The number of hydrogen-bond acceptors (Lipinski definition) is 5. The van der Waals surface area contributed by atoms with Crippen LogP contribution in [0, 0.1) is 17.9 Å². The van der Waals surface area contributed by atoms with Crippen molar-refractivity contribution in [2.45, 2.75) is 138 Å². The van der Waals surface area contributed by atoms with Crippen LogP contribution in [0.3, 0.4) is 0 Å². The molecule has 5 rings (SSSR count). The van der Waals surface area contributed by atoms with Crippen LogP contribution in [0.1, 0.15) is 121 Å². The van der Waals surface area contributed by atoms with Crippen molar-refractivity contribution >= 4 is 61.5 Å². The van der Waals surface area contributed by atoms with E-state index in [1.54, 1.807) is 11.5 Å². The monoisotopic (exact) mass is 928 g/mol. The first-order chi connectivity index (χ1) is 24.6. The maximum Gasteiger partial charge on any atom is 0.162 e. The maximum atomic E-state index is 11.7. The number of rotatable bonds is 12. The molecule has 1 radical (unpaired) electrons. The number of aromatic nitrogens is 2. The van der Waals surface area contributed by atoms with Gasteiger partial charge in [-0.25, -0.2) is 4.98 Å². The van der Waals surface area contributed by atoms with Crippen molar-refractivity contribution in [1.29, 1.82) is 0 Å². The van der Waals surface area contributed by atoms with Gasteiger partial charge in [0, 0.05) is 58.5 Å². The second kappa shape index (κ2) is 18.8. The Hall–Kier alpha value is -2.70. The van der Waals surface area contributed by atoms with Gasteiger partial charge in [-0.2, -0.15) is 0 Å². The van der Waals surface area contributed by atoms with Crippen LogP contribution in [0.4, 0.5) is 0 Å². The number of aliphatic hydroxyl groups excluding tert-OH is 1. The first-order valence-corrected chi connectivity index (χ1v) is 22.7. The standard InChI is InChI=1S/C33H39N2SSi.C13H24O2.Ir/c1-20(2)37(21(3)4,22(5)6)29-17-24(16-23-12-10-11-13-26(23)29)30-32-31(35-19-34-30)27-15-14-25(33(7,8)9)18-28(27)36-32;1-5-10(6-2)12(14)9-13(15)11(7-3)8-4;/h10-15,17-22H,1-9H3;9-11,14H,5-8H2,1-4H3;/q-1;;/b;12-9-;. The van der Waals surface area contributed by atoms with Crippen LogP contribution in [0.25, 0.3) is 42.3 Å². The predicted octanol–water partition coefficient (Wildman–Crippen LogP) is 13.5. The molecule has 2 aromatic heterocycles. The van der Waals surface area contributed by atoms with Crippen LogP contribution in [0.15, 0.2) is 66.7 Å². The first kappa shape index (κ1) is 44.7. The fraction of sp³-hybridized carbons (Fsp3) is 0.500. The molecule has 5 aromatic rings. The summed E-state index contributed by atoms with van der Waals surface area (Å²) in [4.78, 5) is 21.4. The van der Waals surface area contributed by atoms with Crippen molar-refractivity contribution in [3.05, 3.63) is 78.3 Å². The van der Waals surface area contributed by atoms with E-state index in [1.807, 2.05) is 39.0 Å². The van der Waals surface area contributed by atoms with E-state index >= 15 is 0 Å². The molecule has 53 heavy (non-hydrogen) atoms. The van der Waals surface area contributed by atoms with Crippen molar-refractivity contribution < 1.29 is 30.0 Å². The number of carbonyl (C=O) groups is 1. The summed E-state index contributed by atoms with van der Waals surface area (Å²) in [7, 11) is -1.92. The third-order valence-electron chi connectivity index (χ3n) is 11.6. The van der Waals surface area contributed by atoms with Gasteiger partial charge in [0.1, 0.15) is 6.33 Å². The Bertz CT molecular complexity index is 1990. The topological polar surface area (TPSA) is 63.1 Å². The zero-order valence-corrected chi connectivity index (χ0v) is 38.7. The zero-order valence-electron chi connectivity index (χ0n) is 34.5. The molecular weight excluding hydrogens is 865 g/mol. The normalized spacial score (nSPS) is 12.8. The van der Waals surface area contributed by atoms with E-state index in [0.29, 0.717) is 16.6 Å². The molecule has 0 saturated carbocycles. The molecule has 1 N–H and O–H groups in total. The summed E-state index contributed by atoms with van der Waals surface area (Å²) in [5, 5.41) is 15.1. The van der Waals surface area contributed by atoms with E-state index in [1.165, 1.54) is 32.5 Å². The largest absolute Gasteiger partial charge is 0.512 e. The van der Waals surface area contributed by atoms with Gasteiger partial charge in [-0.15, -0.1) is 40.1 Å². The van der Waals surface area contributed by atoms with E-state index in [0.717, 1.165) is 47.2 Å². The molecule has 0 aliphatic rings. The average Bonchev–Trinajstić information content (AvgIpc) is 3.47. The summed E-state index contributed by atoms with van der Waals surface area (Å²) < 4.78 is 2.44. The Labute approximate surface area is 338 Å². The molecule has 7 heteroatoms. The van der Waals surface area contributed by atoms with Gasteiger partial charge in [0.25, 0.3) is 0 Å². The van der Waals surface area contributed by atoms with E-state index in [9.17, 15) is 9.90 Å². The number of carbonyl (C=O) groups excluding carboxylic acids is 1. The number of hydrogen-bond donors (Lipinski definition) is 1. The number of fused-ring (bicyclic) bond motifs is 4. The van der Waals surface area contributed by atoms with E-state index in [2.05, 4.69) is 117 Å². The van der Waals surface area contributed by atoms with Gasteiger partial charge in [0.2, 0.25) is 0 Å². The molecule has 3 aromatic carbocycles. The fourth-order valence-electron chi connectivity index (χ4n) is 8.66. The van der Waals surface area contributed by atoms with Crippen LogP contribution in [0.5, 0.6) is 0 Å². The van der Waals surface area contributed by atoms with Crippen molar-refractivity contribution in [3.63, 3.8) is 0 Å². The van der Waals surface area contributed by atoms with Crippen molar-refractivity contribution in [3.8, 4) is 11.3 Å². The summed E-state index contributed by atoms with van der Waals surface area (Å²) in [5.74, 6) is 0.547. The van der Waals surface area contributed by atoms with Crippen molar-refractivity contribution in [2.24, 2.45) is 11.8 Å². The van der Waals surface area contributed by atoms with Gasteiger partial charge < -0.3 is 5.11 Å². The molecular formula is C46H63IrN2O2SSi-. The summed E-state index contributed by atoms with van der Waals surface area (Å²) in [5.41, 5.74) is 6.48. The minimum absolute atomic E-state index is 0. The molecule has 0 aliphatic heterocycles. The molecule has 0 amide bonds. The fourth-order valence-corrected chi connectivity index (χ4v) is 16.8. The van der Waals surface area contributed by atoms with E-state index < -0.39 is 8.07 Å². The van der Waals surface area contributed by atoms with Crippen LogP contribution >= 0.6 is 11.3 Å². The Morgan fingerprint density at radius 3 is 1.96 bits per heavy atom. The van der Waals surface area contributed by atoms with Gasteiger partial charge in [0.05, 0.1) is 19.3 Å². The Kier molecular flexibility index (Phi) is 15.8. The molecule has 289 valence electrons. The first-order valence-electron chi connectivity index (χ1n) is 19.6. The molecule has 0 atom stereocenters. The number of ketones is 1. The molecule has 0 aliphatic carbocycles. The third-order valence-corrected chi connectivity index (χ3v) is 19.8. The molecule has 4 nitrogen and oxygen atoms in total. The Balaban J connectivity index is 0.000000403. The Morgan fingerprint density at radius 1 is 0.830 bits per heavy atom. The van der Waals surface area contributed by atoms with E-state index in [4.69, 9.17) is 9.97 Å². The number of thiophene rings is 1. The van der Waals surface area contributed by atoms with Gasteiger partial charge in [0.15, 0.2) is 5.78 Å². The summed E-state index contributed by atoms with van der Waals surface area (Å²) in [6.45, 7) is 29.5. The average molecular weight is 928 g/mol. The molecule has 0 fully saturated rings. The van der Waals surface area contributed by atoms with Crippen LogP contribution in [0.2, 0.25) is 16.6 Å². The van der Waals surface area contributed by atoms with Crippen LogP contribution in [-0.2, 0) is 30.3 Å². The van der Waals surface area contributed by atoms with Crippen molar-refractivity contribution in [1.82, 2.24) is 9.97 Å². The molecule has 0 saturated heterocycles. The minimum Gasteiger partial charge on any atom is -0.512 e. The van der Waals surface area contributed by atoms with Crippen LogP contribution in [-0.4, -0.2) is 28.9 Å². The number of aliphatic hydroxyl groups is 1. The number of allylic oxidation sites excluding steroid dienone is 2. The Morgan fingerprint density at radius 2 is 1.42 bits per heavy atom. The van der Waals surface area contributed by atoms with Gasteiger partial charge in [-0.05, 0) is 59.4 Å². The second-order valence-corrected chi connectivity index (χ2v) is 23.4. The molecule has 0 unspecified atom stereocenters. The quantitative estimate of drug-likeness (QED) is 0.0586. The summed E-state index contributed by atoms with van der Waals surface area (Å²) in [6.07, 6.45) is 6.64. The van der Waals surface area contributed by atoms with Gasteiger partial charge in [-0.1, -0.05) is 131 Å². The maximum absolute atomic E-state index is 11.7. The summed E-state index contributed by atoms with van der Waals surface area (Å²) in [6, 6.07) is 21.9.